The maximum Gasteiger partial charge on any atom is 0.224 e. The van der Waals surface area contributed by atoms with Crippen LogP contribution in [0, 0.1) is 0 Å². The van der Waals surface area contributed by atoms with Gasteiger partial charge >= 0.3 is 0 Å². The van der Waals surface area contributed by atoms with Gasteiger partial charge in [0, 0.05) is 44.4 Å². The molecule has 132 valence electrons. The van der Waals surface area contributed by atoms with Crippen molar-refractivity contribution in [2.24, 2.45) is 5.73 Å². The van der Waals surface area contributed by atoms with Crippen LogP contribution >= 0.6 is 0 Å². The molecule has 0 aliphatic carbocycles. The number of hydrogen-bond donors (Lipinski definition) is 1. The number of likely N-dealkylation sites (tertiary alicyclic amines) is 1. The number of hydrogen-bond acceptors (Lipinski definition) is 4. The number of piperidine rings is 1. The summed E-state index contributed by atoms with van der Waals surface area (Å²) in [5.74, 6) is 2.61. The van der Waals surface area contributed by atoms with Gasteiger partial charge in [0.25, 0.3) is 0 Å². The predicted molar refractivity (Wildman–Crippen MR) is 94.9 cm³/mol. The van der Waals surface area contributed by atoms with Crippen LogP contribution in [0.5, 0.6) is 0 Å². The monoisotopic (exact) mass is 339 g/mol. The van der Waals surface area contributed by atoms with Gasteiger partial charge in [-0.15, -0.1) is 10.2 Å². The van der Waals surface area contributed by atoms with Crippen LogP contribution in [0.2, 0.25) is 0 Å². The van der Waals surface area contributed by atoms with E-state index >= 15 is 0 Å². The maximum atomic E-state index is 12.7. The number of aromatic nitrogens is 3. The molecular formula is C19H25N5O. The number of nitrogens with zero attached hydrogens (tertiary/aromatic N) is 4. The van der Waals surface area contributed by atoms with Crippen LogP contribution in [0.15, 0.2) is 30.3 Å². The van der Waals surface area contributed by atoms with Crippen molar-refractivity contribution in [2.75, 3.05) is 13.1 Å². The Kier molecular flexibility index (Phi) is 4.53. The van der Waals surface area contributed by atoms with Crippen LogP contribution in [-0.2, 0) is 17.8 Å². The molecule has 1 aromatic heterocycles. The summed E-state index contributed by atoms with van der Waals surface area (Å²) >= 11 is 0. The van der Waals surface area contributed by atoms with Gasteiger partial charge in [-0.25, -0.2) is 0 Å². The lowest BCUT2D eigenvalue weighted by Crippen LogP contribution is -2.40. The predicted octanol–water partition coefficient (Wildman–Crippen LogP) is 2.02. The minimum atomic E-state index is -0.244. The molecule has 4 rings (SSSR count). The largest absolute Gasteiger partial charge is 0.342 e. The Morgan fingerprint density at radius 1 is 1.20 bits per heavy atom. The van der Waals surface area contributed by atoms with E-state index in [1.165, 1.54) is 0 Å². The minimum Gasteiger partial charge on any atom is -0.342 e. The van der Waals surface area contributed by atoms with Crippen molar-refractivity contribution in [1.29, 1.82) is 0 Å². The van der Waals surface area contributed by atoms with Gasteiger partial charge in [0.15, 0.2) is 0 Å². The van der Waals surface area contributed by atoms with E-state index in [2.05, 4.69) is 14.8 Å². The van der Waals surface area contributed by atoms with Crippen LogP contribution in [0.4, 0.5) is 0 Å². The second-order valence-electron chi connectivity index (χ2n) is 7.13. The zero-order valence-electron chi connectivity index (χ0n) is 14.5. The van der Waals surface area contributed by atoms with Gasteiger partial charge in [0.05, 0.1) is 0 Å². The Bertz CT molecular complexity index is 742. The first-order valence-electron chi connectivity index (χ1n) is 9.22. The lowest BCUT2D eigenvalue weighted by Gasteiger charge is -2.33. The second kappa shape index (κ2) is 6.96. The molecule has 2 aromatic rings. The fourth-order valence-corrected chi connectivity index (χ4v) is 4.02. The third kappa shape index (κ3) is 3.31. The smallest absolute Gasteiger partial charge is 0.224 e. The molecule has 0 radical (unpaired) electrons. The fourth-order valence-electron chi connectivity index (χ4n) is 4.02. The van der Waals surface area contributed by atoms with E-state index in [4.69, 9.17) is 5.73 Å². The highest BCUT2D eigenvalue weighted by atomic mass is 16.2. The lowest BCUT2D eigenvalue weighted by atomic mass is 9.96. The summed E-state index contributed by atoms with van der Waals surface area (Å²) in [5.41, 5.74) is 7.25. The van der Waals surface area contributed by atoms with E-state index in [9.17, 15) is 4.79 Å². The Labute approximate surface area is 148 Å². The molecular weight excluding hydrogens is 314 g/mol. The number of aryl methyl sites for hydroxylation is 1. The van der Waals surface area contributed by atoms with Crippen molar-refractivity contribution < 1.29 is 4.79 Å². The van der Waals surface area contributed by atoms with Gasteiger partial charge in [-0.05, 0) is 24.8 Å². The number of carbonyl (C=O) groups excluding carboxylic acids is 1. The molecule has 1 fully saturated rings. The van der Waals surface area contributed by atoms with E-state index in [1.807, 2.05) is 35.2 Å². The standard InChI is InChI=1S/C19H25N5O/c20-16(14-6-2-1-3-7-14)12-18(25)23-10-4-8-15(13-23)19-22-21-17-9-5-11-24(17)19/h1-3,6-7,15-16H,4-5,8-13,20H2. The van der Waals surface area contributed by atoms with Gasteiger partial charge in [-0.2, -0.15) is 0 Å². The molecule has 0 saturated carbocycles. The lowest BCUT2D eigenvalue weighted by molar-refractivity contribution is -0.132. The van der Waals surface area contributed by atoms with Gasteiger partial charge < -0.3 is 15.2 Å². The fraction of sp³-hybridized carbons (Fsp3) is 0.526. The number of amides is 1. The Morgan fingerprint density at radius 3 is 2.88 bits per heavy atom. The Balaban J connectivity index is 1.41. The van der Waals surface area contributed by atoms with E-state index in [-0.39, 0.29) is 11.9 Å². The van der Waals surface area contributed by atoms with Crippen LogP contribution in [0.3, 0.4) is 0 Å². The minimum absolute atomic E-state index is 0.141. The van der Waals surface area contributed by atoms with Crippen molar-refractivity contribution in [1.82, 2.24) is 19.7 Å². The van der Waals surface area contributed by atoms with Gasteiger partial charge in [0.2, 0.25) is 5.91 Å². The SMILES string of the molecule is NC(CC(=O)N1CCCC(c2nnc3n2CCC3)C1)c1ccccc1. The van der Waals surface area contributed by atoms with Gasteiger partial charge in [-0.1, -0.05) is 30.3 Å². The topological polar surface area (TPSA) is 77.0 Å². The molecule has 25 heavy (non-hydrogen) atoms. The van der Waals surface area contributed by atoms with Crippen molar-refractivity contribution in [3.05, 3.63) is 47.5 Å². The Morgan fingerprint density at radius 2 is 2.04 bits per heavy atom. The molecule has 2 N–H and O–H groups in total. The molecule has 2 aliphatic rings. The van der Waals surface area contributed by atoms with Crippen LogP contribution < -0.4 is 5.73 Å². The number of benzene rings is 1. The number of rotatable bonds is 4. The molecule has 1 aromatic carbocycles. The molecule has 0 spiro atoms. The zero-order valence-corrected chi connectivity index (χ0v) is 14.5. The summed E-state index contributed by atoms with van der Waals surface area (Å²) in [7, 11) is 0. The highest BCUT2D eigenvalue weighted by molar-refractivity contribution is 5.77. The quantitative estimate of drug-likeness (QED) is 0.924. The van der Waals surface area contributed by atoms with Crippen molar-refractivity contribution in [2.45, 2.75) is 50.6 Å². The molecule has 6 heteroatoms. The number of nitrogens with two attached hydrogens (primary N) is 1. The summed E-state index contributed by atoms with van der Waals surface area (Å²) in [4.78, 5) is 14.7. The first kappa shape index (κ1) is 16.3. The van der Waals surface area contributed by atoms with Crippen LogP contribution in [0.25, 0.3) is 0 Å². The van der Waals surface area contributed by atoms with Gasteiger partial charge in [0.1, 0.15) is 11.6 Å². The molecule has 0 bridgehead atoms. The van der Waals surface area contributed by atoms with E-state index in [0.717, 1.165) is 62.5 Å². The highest BCUT2D eigenvalue weighted by Gasteiger charge is 2.30. The summed E-state index contributed by atoms with van der Waals surface area (Å²) in [6.07, 6.45) is 4.62. The molecule has 1 saturated heterocycles. The molecule has 1 amide bonds. The van der Waals surface area contributed by atoms with E-state index in [1.54, 1.807) is 0 Å². The van der Waals surface area contributed by atoms with Gasteiger partial charge in [-0.3, -0.25) is 4.79 Å². The third-order valence-corrected chi connectivity index (χ3v) is 5.40. The average Bonchev–Trinajstić information content (AvgIpc) is 3.26. The first-order valence-corrected chi connectivity index (χ1v) is 9.22. The van der Waals surface area contributed by atoms with Crippen LogP contribution in [0.1, 0.15) is 54.9 Å². The summed E-state index contributed by atoms with van der Waals surface area (Å²) < 4.78 is 2.26. The third-order valence-electron chi connectivity index (χ3n) is 5.40. The van der Waals surface area contributed by atoms with E-state index in [0.29, 0.717) is 12.3 Å². The van der Waals surface area contributed by atoms with Crippen molar-refractivity contribution in [3.63, 3.8) is 0 Å². The molecule has 6 nitrogen and oxygen atoms in total. The summed E-state index contributed by atoms with van der Waals surface area (Å²) in [6, 6.07) is 9.61. The maximum absolute atomic E-state index is 12.7. The normalized spacial score (nSPS) is 21.2. The van der Waals surface area contributed by atoms with E-state index < -0.39 is 0 Å². The zero-order chi connectivity index (χ0) is 17.2. The first-order chi connectivity index (χ1) is 12.2. The van der Waals surface area contributed by atoms with Crippen molar-refractivity contribution in [3.8, 4) is 0 Å². The number of carbonyl (C=O) groups is 1. The molecule has 2 aliphatic heterocycles. The van der Waals surface area contributed by atoms with Crippen molar-refractivity contribution >= 4 is 5.91 Å². The second-order valence-corrected chi connectivity index (χ2v) is 7.13. The average molecular weight is 339 g/mol. The highest BCUT2D eigenvalue weighted by Crippen LogP contribution is 2.29. The molecule has 2 unspecified atom stereocenters. The van der Waals surface area contributed by atoms with Crippen LogP contribution in [-0.4, -0.2) is 38.7 Å². The number of fused-ring (bicyclic) bond motifs is 1. The Hall–Kier alpha value is -2.21. The summed E-state index contributed by atoms with van der Waals surface area (Å²) in [6.45, 7) is 2.57. The molecule has 3 heterocycles. The molecule has 2 atom stereocenters. The summed E-state index contributed by atoms with van der Waals surface area (Å²) in [5, 5.41) is 8.73.